The van der Waals surface area contributed by atoms with Crippen molar-refractivity contribution in [3.63, 3.8) is 0 Å². The van der Waals surface area contributed by atoms with Gasteiger partial charge in [-0.25, -0.2) is 0 Å². The lowest BCUT2D eigenvalue weighted by Crippen LogP contribution is -2.62. The number of aromatic nitrogens is 2. The fourth-order valence-corrected chi connectivity index (χ4v) is 10.5. The van der Waals surface area contributed by atoms with Crippen molar-refractivity contribution < 1.29 is 87.2 Å². The number of hydrogen-bond donors (Lipinski definition) is 18. The molecule has 14 amide bonds. The molecule has 0 aliphatic carbocycles. The van der Waals surface area contributed by atoms with Crippen LogP contribution in [0.15, 0.2) is 60.9 Å². The molecule has 4 aromatic rings. The third-order valence-electron chi connectivity index (χ3n) is 15.1. The van der Waals surface area contributed by atoms with Crippen LogP contribution in [-0.2, 0) is 84.8 Å². The number of aliphatic carboxylic acids is 1. The average molecular weight is 1290 g/mol. The predicted octanol–water partition coefficient (Wildman–Crippen LogP) is -6.56. The van der Waals surface area contributed by atoms with Crippen LogP contribution in [0.5, 0.6) is 0 Å². The lowest BCUT2D eigenvalue weighted by atomic mass is 10.00. The number of primary amides is 3. The Morgan fingerprint density at radius 1 is 0.522 bits per heavy atom. The molecular weight excluding hydrogens is 1210 g/mol. The highest BCUT2D eigenvalue weighted by molar-refractivity contribution is 6.02. The second-order valence-corrected chi connectivity index (χ2v) is 22.7. The average Bonchev–Trinajstić information content (AvgIpc) is 1.72. The van der Waals surface area contributed by atoms with Gasteiger partial charge in [0, 0.05) is 53.6 Å². The fourth-order valence-electron chi connectivity index (χ4n) is 10.5. The zero-order chi connectivity index (χ0) is 67.7. The van der Waals surface area contributed by atoms with Crippen LogP contribution in [0.2, 0.25) is 0 Å². The van der Waals surface area contributed by atoms with E-state index >= 15 is 0 Å². The van der Waals surface area contributed by atoms with E-state index in [2.05, 4.69) is 63.1 Å². The van der Waals surface area contributed by atoms with E-state index < -0.39 is 200 Å². The Labute approximate surface area is 524 Å². The van der Waals surface area contributed by atoms with Gasteiger partial charge in [-0.15, -0.1) is 0 Å². The number of carboxylic acids is 1. The number of aliphatic hydroxyl groups is 2. The van der Waals surface area contributed by atoms with Crippen molar-refractivity contribution >= 4 is 110 Å². The molecule has 9 unspecified atom stereocenters. The predicted molar refractivity (Wildman–Crippen MR) is 321 cm³/mol. The van der Waals surface area contributed by atoms with Crippen molar-refractivity contribution in [3.8, 4) is 0 Å². The number of amides is 14. The van der Waals surface area contributed by atoms with Crippen molar-refractivity contribution in [2.45, 2.75) is 145 Å². The van der Waals surface area contributed by atoms with Crippen LogP contribution in [0.3, 0.4) is 0 Å². The highest BCUT2D eigenvalue weighted by Gasteiger charge is 2.43. The summed E-state index contributed by atoms with van der Waals surface area (Å²) in [6.07, 6.45) is -3.43. The summed E-state index contributed by atoms with van der Waals surface area (Å²) in [6, 6.07) is -4.47. The molecular formula is C58H76N16O18. The summed E-state index contributed by atoms with van der Waals surface area (Å²) in [4.78, 5) is 212. The smallest absolute Gasteiger partial charge is 0.305 e. The Balaban J connectivity index is 1.40. The zero-order valence-corrected chi connectivity index (χ0v) is 50.3. The van der Waals surface area contributed by atoms with E-state index in [1.54, 1.807) is 68.6 Å². The Bertz CT molecular complexity index is 3480. The number of carbonyl (C=O) groups is 15. The van der Waals surface area contributed by atoms with Crippen LogP contribution in [0, 0.1) is 5.92 Å². The second kappa shape index (κ2) is 32.3. The number of nitrogens with zero attached hydrogens (tertiary/aromatic N) is 1. The van der Waals surface area contributed by atoms with Crippen molar-refractivity contribution in [2.24, 2.45) is 23.1 Å². The molecule has 0 spiro atoms. The number of H-pyrrole nitrogens is 2. The van der Waals surface area contributed by atoms with E-state index in [-0.39, 0.29) is 38.1 Å². The van der Waals surface area contributed by atoms with Crippen molar-refractivity contribution in [2.75, 3.05) is 19.7 Å². The SMILES string of the molecule is CC(C)C[C@@H]1NC(=O)C(Cc2c[nH]c3ccccc23)NC(=O)C2CCCN2C(=O)C(C(C)O)NC(=O)C(CO)NC(=O)C(Cc2c[nH]c3ccccc23)NC(=O)[C@H](CC(N)=O)NC(=O)C(CC(N)=O)NC(=O)C(CC(=O)O)NC(=O)CNC(=O)C(CC(N)=O)NC1=O. The minimum absolute atomic E-state index is 0.00243. The van der Waals surface area contributed by atoms with Crippen LogP contribution in [0.4, 0.5) is 0 Å². The number of aromatic amines is 2. The Morgan fingerprint density at radius 3 is 1.38 bits per heavy atom. The number of carboxylic acid groups (broad SMARTS) is 1. The van der Waals surface area contributed by atoms with Crippen molar-refractivity contribution in [1.29, 1.82) is 0 Å². The quantitative estimate of drug-likeness (QED) is 0.0496. The number of nitrogens with two attached hydrogens (primary N) is 3. The van der Waals surface area contributed by atoms with E-state index in [1.165, 1.54) is 6.20 Å². The molecule has 2 aliphatic rings. The normalized spacial score (nSPS) is 24.7. The summed E-state index contributed by atoms with van der Waals surface area (Å²) in [5, 5.41) is 55.7. The topological polar surface area (TPSA) is 550 Å². The molecule has 6 rings (SSSR count). The minimum atomic E-state index is -2.11. The number of rotatable bonds is 16. The first-order valence-electron chi connectivity index (χ1n) is 29.3. The second-order valence-electron chi connectivity index (χ2n) is 22.7. The van der Waals surface area contributed by atoms with Gasteiger partial charge in [0.05, 0.1) is 44.9 Å². The maximum atomic E-state index is 14.7. The van der Waals surface area contributed by atoms with Crippen LogP contribution < -0.4 is 70.4 Å². The summed E-state index contributed by atoms with van der Waals surface area (Å²) in [6.45, 7) is 2.14. The monoisotopic (exact) mass is 1280 g/mol. The van der Waals surface area contributed by atoms with Gasteiger partial charge in [-0.05, 0) is 55.4 Å². The minimum Gasteiger partial charge on any atom is -0.481 e. The Morgan fingerprint density at radius 2 is 0.924 bits per heavy atom. The van der Waals surface area contributed by atoms with Gasteiger partial charge in [-0.2, -0.15) is 0 Å². The molecule has 2 fully saturated rings. The number of para-hydroxylation sites is 2. The number of hydrogen-bond acceptors (Lipinski definition) is 17. The first-order chi connectivity index (χ1) is 43.5. The fraction of sp³-hybridized carbons (Fsp3) is 0.466. The molecule has 34 nitrogen and oxygen atoms in total. The molecule has 2 aromatic heterocycles. The van der Waals surface area contributed by atoms with Gasteiger partial charge in [0.25, 0.3) is 0 Å². The number of carbonyl (C=O) groups excluding carboxylic acids is 14. The molecule has 34 heteroatoms. The molecule has 21 N–H and O–H groups in total. The van der Waals surface area contributed by atoms with Crippen molar-refractivity contribution in [3.05, 3.63) is 72.1 Å². The summed E-state index contributed by atoms with van der Waals surface area (Å²) in [7, 11) is 0. The number of aliphatic hydroxyl groups excluding tert-OH is 2. The molecule has 2 saturated heterocycles. The lowest BCUT2D eigenvalue weighted by molar-refractivity contribution is -0.145. The van der Waals surface area contributed by atoms with Crippen LogP contribution in [-0.4, -0.2) is 205 Å². The number of fused-ring (bicyclic) bond motifs is 3. The highest BCUT2D eigenvalue weighted by Crippen LogP contribution is 2.24. The molecule has 2 aromatic carbocycles. The van der Waals surface area contributed by atoms with E-state index in [9.17, 15) is 87.2 Å². The third kappa shape index (κ3) is 19.5. The summed E-state index contributed by atoms with van der Waals surface area (Å²) < 4.78 is 0. The Kier molecular flexibility index (Phi) is 24.8. The summed E-state index contributed by atoms with van der Waals surface area (Å²) in [5.74, 6) is -18.8. The highest BCUT2D eigenvalue weighted by atomic mass is 16.4. The van der Waals surface area contributed by atoms with Gasteiger partial charge in [-0.3, -0.25) is 71.9 Å². The number of benzene rings is 2. The summed E-state index contributed by atoms with van der Waals surface area (Å²) >= 11 is 0. The van der Waals surface area contributed by atoms with E-state index in [1.807, 2.05) is 0 Å². The van der Waals surface area contributed by atoms with E-state index in [4.69, 9.17) is 17.2 Å². The summed E-state index contributed by atoms with van der Waals surface area (Å²) in [5.41, 5.74) is 18.5. The zero-order valence-electron chi connectivity index (χ0n) is 50.3. The first-order valence-corrected chi connectivity index (χ1v) is 29.3. The van der Waals surface area contributed by atoms with Crippen molar-refractivity contribution in [1.82, 2.24) is 68.0 Å². The molecule has 11 atom stereocenters. The molecule has 0 bridgehead atoms. The standard InChI is InChI=1S/C58H76N16O18/c1-26(2)15-34-50(84)68-37(18-43(59)77)49(83)64-24-46(80)65-40(21-47(81)82)55(89)70-39(20-45(61)79)54(88)69-38(19-44(60)78)53(87)67-35(16-28-22-62-32-11-6-4-9-30(28)32)52(86)72-41(25-75)56(90)73-48(27(3)76)58(92)74-14-8-13-42(74)57(91)71-36(51(85)66-34)17-29-23-63-33-12-7-5-10-31(29)33/h4-7,9-12,22-23,26-27,34-42,48,62-63,75-76H,8,13-21,24-25H2,1-3H3,(H2,59,77)(H2,60,78)(H2,61,79)(H,64,83)(H,65,80)(H,66,85)(H,67,87)(H,68,84)(H,69,88)(H,70,89)(H,71,91)(H,72,86)(H,73,90)(H,81,82)/t27?,34-,35?,36?,37?,38-,39?,40?,41?,42?,48?/m0/s1. The molecule has 2 aliphatic heterocycles. The van der Waals surface area contributed by atoms with E-state index in [0.717, 1.165) is 11.8 Å². The molecule has 4 heterocycles. The first kappa shape index (κ1) is 70.6. The Hall–Kier alpha value is -10.5. The van der Waals surface area contributed by atoms with Gasteiger partial charge in [0.15, 0.2) is 0 Å². The van der Waals surface area contributed by atoms with Gasteiger partial charge in [0.1, 0.15) is 60.4 Å². The van der Waals surface area contributed by atoms with Crippen LogP contribution >= 0.6 is 0 Å². The molecule has 92 heavy (non-hydrogen) atoms. The molecule has 496 valence electrons. The lowest BCUT2D eigenvalue weighted by Gasteiger charge is -2.32. The third-order valence-corrected chi connectivity index (χ3v) is 15.1. The van der Waals surface area contributed by atoms with Gasteiger partial charge in [0.2, 0.25) is 82.7 Å². The van der Waals surface area contributed by atoms with Gasteiger partial charge >= 0.3 is 5.97 Å². The molecule has 0 radical (unpaired) electrons. The van der Waals surface area contributed by atoms with Crippen LogP contribution in [0.25, 0.3) is 21.8 Å². The van der Waals surface area contributed by atoms with Gasteiger partial charge < -0.3 is 101 Å². The van der Waals surface area contributed by atoms with Crippen LogP contribution in [0.1, 0.15) is 76.8 Å². The maximum absolute atomic E-state index is 14.7. The largest absolute Gasteiger partial charge is 0.481 e. The number of nitrogens with one attached hydrogen (secondary N) is 12. The van der Waals surface area contributed by atoms with E-state index in [0.29, 0.717) is 32.9 Å². The molecule has 0 saturated carbocycles. The van der Waals surface area contributed by atoms with Gasteiger partial charge in [-0.1, -0.05) is 50.2 Å². The maximum Gasteiger partial charge on any atom is 0.305 e.